The number of anilines is 1. The Morgan fingerprint density at radius 3 is 2.62 bits per heavy atom. The lowest BCUT2D eigenvalue weighted by atomic mass is 10.1. The zero-order valence-electron chi connectivity index (χ0n) is 9.27. The van der Waals surface area contributed by atoms with E-state index in [1.807, 2.05) is 24.3 Å². The van der Waals surface area contributed by atoms with E-state index in [1.54, 1.807) is 12.1 Å². The molecule has 0 aliphatic rings. The Bertz CT molecular complexity index is 480. The van der Waals surface area contributed by atoms with Crippen molar-refractivity contribution >= 4 is 5.69 Å². The van der Waals surface area contributed by atoms with Crippen molar-refractivity contribution in [1.29, 1.82) is 0 Å². The summed E-state index contributed by atoms with van der Waals surface area (Å²) in [6.07, 6.45) is 0. The summed E-state index contributed by atoms with van der Waals surface area (Å²) in [6, 6.07) is 15.5. The first-order valence-electron chi connectivity index (χ1n) is 5.33. The summed E-state index contributed by atoms with van der Waals surface area (Å²) >= 11 is 0. The van der Waals surface area contributed by atoms with Crippen molar-refractivity contribution in [2.45, 2.75) is 13.5 Å². The third kappa shape index (κ3) is 2.54. The number of aryl methyl sites for hydroxylation is 1. The monoisotopic (exact) mass is 213 g/mol. The van der Waals surface area contributed by atoms with E-state index in [0.717, 1.165) is 17.8 Å². The van der Waals surface area contributed by atoms with E-state index in [0.29, 0.717) is 5.75 Å². The number of hydrogen-bond donors (Lipinski definition) is 2. The average molecular weight is 213 g/mol. The molecule has 2 heteroatoms. The van der Waals surface area contributed by atoms with Crippen LogP contribution in [-0.2, 0) is 6.54 Å². The van der Waals surface area contributed by atoms with Crippen LogP contribution in [0.1, 0.15) is 11.1 Å². The molecule has 0 radical (unpaired) electrons. The van der Waals surface area contributed by atoms with Crippen LogP contribution < -0.4 is 5.32 Å². The summed E-state index contributed by atoms with van der Waals surface area (Å²) in [7, 11) is 0. The summed E-state index contributed by atoms with van der Waals surface area (Å²) in [6.45, 7) is 2.80. The molecule has 2 nitrogen and oxygen atoms in total. The molecule has 0 heterocycles. The molecule has 0 fully saturated rings. The van der Waals surface area contributed by atoms with Crippen molar-refractivity contribution in [3.8, 4) is 5.75 Å². The Labute approximate surface area is 95.6 Å². The molecule has 0 amide bonds. The van der Waals surface area contributed by atoms with Gasteiger partial charge in [0.2, 0.25) is 0 Å². The number of rotatable bonds is 3. The zero-order valence-corrected chi connectivity index (χ0v) is 9.27. The lowest BCUT2D eigenvalue weighted by molar-refractivity contribution is 0.474. The van der Waals surface area contributed by atoms with Crippen LogP contribution >= 0.6 is 0 Å². The van der Waals surface area contributed by atoms with E-state index in [4.69, 9.17) is 0 Å². The molecule has 0 saturated carbocycles. The van der Waals surface area contributed by atoms with E-state index < -0.39 is 0 Å². The molecule has 0 aliphatic heterocycles. The van der Waals surface area contributed by atoms with E-state index in [1.165, 1.54) is 5.56 Å². The lowest BCUT2D eigenvalue weighted by Crippen LogP contribution is -2.00. The first-order chi connectivity index (χ1) is 7.75. The highest BCUT2D eigenvalue weighted by Crippen LogP contribution is 2.16. The molecule has 0 bridgehead atoms. The molecule has 2 aromatic rings. The second kappa shape index (κ2) is 4.71. The highest BCUT2D eigenvalue weighted by Gasteiger charge is 1.97. The van der Waals surface area contributed by atoms with Crippen LogP contribution in [-0.4, -0.2) is 5.11 Å². The minimum Gasteiger partial charge on any atom is -0.508 e. The van der Waals surface area contributed by atoms with Gasteiger partial charge in [-0.3, -0.25) is 0 Å². The number of phenols is 1. The van der Waals surface area contributed by atoms with Gasteiger partial charge >= 0.3 is 0 Å². The van der Waals surface area contributed by atoms with Gasteiger partial charge in [-0.15, -0.1) is 0 Å². The number of benzene rings is 2. The van der Waals surface area contributed by atoms with Crippen molar-refractivity contribution in [3.63, 3.8) is 0 Å². The maximum atomic E-state index is 9.34. The molecule has 2 aromatic carbocycles. The summed E-state index contributed by atoms with van der Waals surface area (Å²) in [4.78, 5) is 0. The number of nitrogens with one attached hydrogen (secondary N) is 1. The lowest BCUT2D eigenvalue weighted by Gasteiger charge is -2.09. The molecule has 0 aliphatic carbocycles. The van der Waals surface area contributed by atoms with Gasteiger partial charge in [-0.25, -0.2) is 0 Å². The van der Waals surface area contributed by atoms with E-state index in [2.05, 4.69) is 24.4 Å². The smallest absolute Gasteiger partial charge is 0.115 e. The second-order valence-electron chi connectivity index (χ2n) is 3.84. The maximum Gasteiger partial charge on any atom is 0.115 e. The van der Waals surface area contributed by atoms with Gasteiger partial charge in [-0.2, -0.15) is 0 Å². The quantitative estimate of drug-likeness (QED) is 0.819. The largest absolute Gasteiger partial charge is 0.508 e. The van der Waals surface area contributed by atoms with Gasteiger partial charge in [-0.05, 0) is 36.2 Å². The van der Waals surface area contributed by atoms with Crippen LogP contribution in [0.4, 0.5) is 5.69 Å². The number of phenolic OH excluding ortho intramolecular Hbond substituents is 1. The van der Waals surface area contributed by atoms with E-state index in [-0.39, 0.29) is 0 Å². The van der Waals surface area contributed by atoms with Crippen molar-refractivity contribution in [1.82, 2.24) is 0 Å². The first kappa shape index (κ1) is 10.6. The topological polar surface area (TPSA) is 32.3 Å². The highest BCUT2D eigenvalue weighted by atomic mass is 16.3. The molecule has 82 valence electrons. The van der Waals surface area contributed by atoms with Crippen molar-refractivity contribution in [2.24, 2.45) is 0 Å². The van der Waals surface area contributed by atoms with Crippen LogP contribution in [0, 0.1) is 6.92 Å². The maximum absolute atomic E-state index is 9.34. The van der Waals surface area contributed by atoms with Gasteiger partial charge in [-0.1, -0.05) is 30.3 Å². The predicted octanol–water partition coefficient (Wildman–Crippen LogP) is 3.31. The Balaban J connectivity index is 2.05. The van der Waals surface area contributed by atoms with Crippen LogP contribution in [0.3, 0.4) is 0 Å². The Morgan fingerprint density at radius 2 is 1.88 bits per heavy atom. The van der Waals surface area contributed by atoms with Crippen LogP contribution in [0.15, 0.2) is 48.5 Å². The molecular weight excluding hydrogens is 198 g/mol. The summed E-state index contributed by atoms with van der Waals surface area (Å²) in [5.74, 6) is 0.309. The molecule has 0 atom stereocenters. The standard InChI is InChI=1S/C14H15NO/c1-11-5-2-3-8-14(11)15-10-12-6-4-7-13(16)9-12/h2-9,15-16H,10H2,1H3. The fourth-order valence-electron chi connectivity index (χ4n) is 1.63. The van der Waals surface area contributed by atoms with Crippen molar-refractivity contribution in [3.05, 3.63) is 59.7 Å². The van der Waals surface area contributed by atoms with Gasteiger partial charge in [0.05, 0.1) is 0 Å². The normalized spacial score (nSPS) is 10.1. The number of aromatic hydroxyl groups is 1. The molecular formula is C14H15NO. The van der Waals surface area contributed by atoms with Crippen molar-refractivity contribution < 1.29 is 5.11 Å². The van der Waals surface area contributed by atoms with Gasteiger partial charge in [0.15, 0.2) is 0 Å². The Kier molecular flexibility index (Phi) is 3.10. The minimum absolute atomic E-state index is 0.309. The van der Waals surface area contributed by atoms with Gasteiger partial charge in [0.25, 0.3) is 0 Å². The summed E-state index contributed by atoms with van der Waals surface area (Å²) < 4.78 is 0. The molecule has 2 rings (SSSR count). The number of para-hydroxylation sites is 1. The molecule has 16 heavy (non-hydrogen) atoms. The average Bonchev–Trinajstić information content (AvgIpc) is 2.28. The molecule has 0 saturated heterocycles. The zero-order chi connectivity index (χ0) is 11.4. The first-order valence-corrected chi connectivity index (χ1v) is 5.33. The third-order valence-electron chi connectivity index (χ3n) is 2.54. The number of hydrogen-bond acceptors (Lipinski definition) is 2. The fourth-order valence-corrected chi connectivity index (χ4v) is 1.63. The van der Waals surface area contributed by atoms with Crippen LogP contribution in [0.5, 0.6) is 5.75 Å². The highest BCUT2D eigenvalue weighted by molar-refractivity contribution is 5.50. The van der Waals surface area contributed by atoms with Crippen LogP contribution in [0.25, 0.3) is 0 Å². The van der Waals surface area contributed by atoms with E-state index >= 15 is 0 Å². The second-order valence-corrected chi connectivity index (χ2v) is 3.84. The molecule has 2 N–H and O–H groups in total. The van der Waals surface area contributed by atoms with Crippen LogP contribution in [0.2, 0.25) is 0 Å². The molecule has 0 unspecified atom stereocenters. The SMILES string of the molecule is Cc1ccccc1NCc1cccc(O)c1. The summed E-state index contributed by atoms with van der Waals surface area (Å²) in [5, 5.41) is 12.7. The van der Waals surface area contributed by atoms with E-state index in [9.17, 15) is 5.11 Å². The molecule has 0 spiro atoms. The van der Waals surface area contributed by atoms with Gasteiger partial charge < -0.3 is 10.4 Å². The van der Waals surface area contributed by atoms with Crippen molar-refractivity contribution in [2.75, 3.05) is 5.32 Å². The fraction of sp³-hybridized carbons (Fsp3) is 0.143. The minimum atomic E-state index is 0.309. The Hall–Kier alpha value is -1.96. The van der Waals surface area contributed by atoms with Gasteiger partial charge in [0, 0.05) is 12.2 Å². The predicted molar refractivity (Wildman–Crippen MR) is 66.6 cm³/mol. The summed E-state index contributed by atoms with van der Waals surface area (Å²) in [5.41, 5.74) is 3.43. The molecule has 0 aromatic heterocycles. The Morgan fingerprint density at radius 1 is 1.06 bits per heavy atom. The third-order valence-corrected chi connectivity index (χ3v) is 2.54. The van der Waals surface area contributed by atoms with Gasteiger partial charge in [0.1, 0.15) is 5.75 Å².